The summed E-state index contributed by atoms with van der Waals surface area (Å²) in [5.74, 6) is 1.37. The van der Waals surface area contributed by atoms with Crippen LogP contribution in [0.5, 0.6) is 0 Å². The highest BCUT2D eigenvalue weighted by Crippen LogP contribution is 2.28. The van der Waals surface area contributed by atoms with Gasteiger partial charge in [-0.1, -0.05) is 6.07 Å². The van der Waals surface area contributed by atoms with Gasteiger partial charge in [-0.3, -0.25) is 4.90 Å². The van der Waals surface area contributed by atoms with Gasteiger partial charge in [0.25, 0.3) is 0 Å². The summed E-state index contributed by atoms with van der Waals surface area (Å²) in [5, 5.41) is 2.95. The van der Waals surface area contributed by atoms with E-state index in [0.29, 0.717) is 31.5 Å². The number of hydrogen-bond acceptors (Lipinski definition) is 5. The van der Waals surface area contributed by atoms with Crippen molar-refractivity contribution in [1.29, 1.82) is 0 Å². The summed E-state index contributed by atoms with van der Waals surface area (Å²) in [6, 6.07) is 7.58. The number of aromatic nitrogens is 2. The van der Waals surface area contributed by atoms with Crippen LogP contribution in [0.1, 0.15) is 5.56 Å². The normalized spacial score (nSPS) is 16.7. The Labute approximate surface area is 159 Å². The van der Waals surface area contributed by atoms with Crippen LogP contribution < -0.4 is 15.1 Å². The van der Waals surface area contributed by atoms with Crippen molar-refractivity contribution in [2.45, 2.75) is 6.42 Å². The highest BCUT2D eigenvalue weighted by molar-refractivity contribution is 14.1. The summed E-state index contributed by atoms with van der Waals surface area (Å²) in [6.07, 6.45) is 2.62. The molecule has 25 heavy (non-hydrogen) atoms. The second kappa shape index (κ2) is 7.12. The standard InChI is InChI=1S/C17H18IN5O2/c18-13-2-1-3-14(10-13)20-17(24)23-5-4-12-11-19-16(21-15(12)23)22-6-8-25-9-7-22/h1-3,10-11H,4-9H2,(H,20,24). The summed E-state index contributed by atoms with van der Waals surface area (Å²) in [5.41, 5.74) is 1.79. The fourth-order valence-electron chi connectivity index (χ4n) is 3.01. The summed E-state index contributed by atoms with van der Waals surface area (Å²) in [6.45, 7) is 3.52. The van der Waals surface area contributed by atoms with E-state index < -0.39 is 0 Å². The Hall–Kier alpha value is -1.94. The number of hydrogen-bond donors (Lipinski definition) is 1. The van der Waals surface area contributed by atoms with Crippen molar-refractivity contribution in [3.63, 3.8) is 0 Å². The van der Waals surface area contributed by atoms with Crippen LogP contribution in [0.25, 0.3) is 0 Å². The van der Waals surface area contributed by atoms with E-state index in [0.717, 1.165) is 34.3 Å². The smallest absolute Gasteiger partial charge is 0.327 e. The Bertz CT molecular complexity index is 794. The molecule has 3 heterocycles. The minimum Gasteiger partial charge on any atom is -0.378 e. The molecule has 2 aromatic rings. The van der Waals surface area contributed by atoms with E-state index in [4.69, 9.17) is 4.74 Å². The molecule has 1 saturated heterocycles. The number of carbonyl (C=O) groups is 1. The van der Waals surface area contributed by atoms with Gasteiger partial charge in [-0.2, -0.15) is 4.98 Å². The van der Waals surface area contributed by atoms with Gasteiger partial charge in [0.05, 0.1) is 13.2 Å². The molecule has 130 valence electrons. The van der Waals surface area contributed by atoms with Gasteiger partial charge in [-0.05, 0) is 47.2 Å². The molecule has 0 radical (unpaired) electrons. The predicted octanol–water partition coefficient (Wildman–Crippen LogP) is 2.51. The molecule has 7 nitrogen and oxygen atoms in total. The van der Waals surface area contributed by atoms with Crippen molar-refractivity contribution >= 4 is 46.1 Å². The molecule has 0 aliphatic carbocycles. The molecule has 1 aromatic carbocycles. The van der Waals surface area contributed by atoms with E-state index in [-0.39, 0.29) is 6.03 Å². The quantitative estimate of drug-likeness (QED) is 0.711. The minimum absolute atomic E-state index is 0.160. The first-order chi connectivity index (χ1) is 12.2. The van der Waals surface area contributed by atoms with E-state index >= 15 is 0 Å². The molecule has 0 unspecified atom stereocenters. The Morgan fingerprint density at radius 3 is 2.88 bits per heavy atom. The van der Waals surface area contributed by atoms with Gasteiger partial charge in [0.15, 0.2) is 0 Å². The maximum atomic E-state index is 12.7. The summed E-state index contributed by atoms with van der Waals surface area (Å²) in [4.78, 5) is 25.6. The summed E-state index contributed by atoms with van der Waals surface area (Å²) in [7, 11) is 0. The van der Waals surface area contributed by atoms with Gasteiger partial charge < -0.3 is 15.0 Å². The first-order valence-electron chi connectivity index (χ1n) is 8.23. The zero-order valence-electron chi connectivity index (χ0n) is 13.6. The number of nitrogens with zero attached hydrogens (tertiary/aromatic N) is 4. The number of urea groups is 1. The average Bonchev–Trinajstić information content (AvgIpc) is 3.06. The maximum Gasteiger partial charge on any atom is 0.327 e. The number of carbonyl (C=O) groups excluding carboxylic acids is 1. The number of anilines is 3. The Kier molecular flexibility index (Phi) is 4.71. The van der Waals surface area contributed by atoms with Gasteiger partial charge >= 0.3 is 6.03 Å². The topological polar surface area (TPSA) is 70.6 Å². The van der Waals surface area contributed by atoms with Gasteiger partial charge in [0.2, 0.25) is 5.95 Å². The average molecular weight is 451 g/mol. The molecular weight excluding hydrogens is 433 g/mol. The van der Waals surface area contributed by atoms with Crippen LogP contribution in [-0.2, 0) is 11.2 Å². The number of rotatable bonds is 2. The fourth-order valence-corrected chi connectivity index (χ4v) is 3.55. The van der Waals surface area contributed by atoms with Crippen molar-refractivity contribution in [3.05, 3.63) is 39.6 Å². The highest BCUT2D eigenvalue weighted by atomic mass is 127. The van der Waals surface area contributed by atoms with Crippen LogP contribution in [0.3, 0.4) is 0 Å². The van der Waals surface area contributed by atoms with E-state index in [1.165, 1.54) is 0 Å². The number of halogens is 1. The van der Waals surface area contributed by atoms with Crippen molar-refractivity contribution in [2.75, 3.05) is 48.0 Å². The number of benzene rings is 1. The van der Waals surface area contributed by atoms with Gasteiger partial charge in [0, 0.05) is 40.7 Å². The minimum atomic E-state index is -0.160. The summed E-state index contributed by atoms with van der Waals surface area (Å²) < 4.78 is 6.45. The fraction of sp³-hybridized carbons (Fsp3) is 0.353. The molecule has 2 amide bonds. The summed E-state index contributed by atoms with van der Waals surface area (Å²) >= 11 is 2.23. The number of morpholine rings is 1. The van der Waals surface area contributed by atoms with Crippen molar-refractivity contribution in [1.82, 2.24) is 9.97 Å². The van der Waals surface area contributed by atoms with E-state index in [2.05, 4.69) is 42.8 Å². The molecule has 2 aliphatic rings. The molecule has 2 aliphatic heterocycles. The van der Waals surface area contributed by atoms with E-state index in [9.17, 15) is 4.79 Å². The Morgan fingerprint density at radius 1 is 1.24 bits per heavy atom. The first kappa shape index (κ1) is 16.5. The van der Waals surface area contributed by atoms with Crippen LogP contribution in [-0.4, -0.2) is 48.8 Å². The zero-order valence-corrected chi connectivity index (χ0v) is 15.8. The van der Waals surface area contributed by atoms with Crippen LogP contribution in [0.2, 0.25) is 0 Å². The Morgan fingerprint density at radius 2 is 2.08 bits per heavy atom. The van der Waals surface area contributed by atoms with Crippen LogP contribution >= 0.6 is 22.6 Å². The number of amides is 2. The third-order valence-corrected chi connectivity index (χ3v) is 4.98. The third kappa shape index (κ3) is 3.54. The Balaban J connectivity index is 1.54. The molecular formula is C17H18IN5O2. The highest BCUT2D eigenvalue weighted by Gasteiger charge is 2.28. The van der Waals surface area contributed by atoms with E-state index in [1.54, 1.807) is 4.90 Å². The number of fused-ring (bicyclic) bond motifs is 1. The largest absolute Gasteiger partial charge is 0.378 e. The number of nitrogens with one attached hydrogen (secondary N) is 1. The lowest BCUT2D eigenvalue weighted by Gasteiger charge is -2.27. The van der Waals surface area contributed by atoms with Crippen LogP contribution in [0.15, 0.2) is 30.5 Å². The van der Waals surface area contributed by atoms with Crippen molar-refractivity contribution in [2.24, 2.45) is 0 Å². The molecule has 0 spiro atoms. The van der Waals surface area contributed by atoms with Gasteiger partial charge in [0.1, 0.15) is 5.82 Å². The van der Waals surface area contributed by atoms with Crippen molar-refractivity contribution in [3.8, 4) is 0 Å². The second-order valence-electron chi connectivity index (χ2n) is 5.96. The molecule has 1 aromatic heterocycles. The van der Waals surface area contributed by atoms with Crippen molar-refractivity contribution < 1.29 is 9.53 Å². The first-order valence-corrected chi connectivity index (χ1v) is 9.31. The van der Waals surface area contributed by atoms with Gasteiger partial charge in [-0.25, -0.2) is 9.78 Å². The zero-order chi connectivity index (χ0) is 17.2. The maximum absolute atomic E-state index is 12.7. The second-order valence-corrected chi connectivity index (χ2v) is 7.21. The lowest BCUT2D eigenvalue weighted by molar-refractivity contribution is 0.122. The molecule has 0 saturated carbocycles. The van der Waals surface area contributed by atoms with Crippen LogP contribution in [0, 0.1) is 3.57 Å². The van der Waals surface area contributed by atoms with Crippen LogP contribution in [0.4, 0.5) is 22.2 Å². The monoisotopic (exact) mass is 451 g/mol. The molecule has 4 rings (SSSR count). The number of ether oxygens (including phenoxy) is 1. The SMILES string of the molecule is O=C(Nc1cccc(I)c1)N1CCc2cnc(N3CCOCC3)nc21. The van der Waals surface area contributed by atoms with Gasteiger partial charge in [-0.15, -0.1) is 0 Å². The third-order valence-electron chi connectivity index (χ3n) is 4.30. The molecule has 0 atom stereocenters. The lowest BCUT2D eigenvalue weighted by atomic mass is 10.3. The molecule has 1 fully saturated rings. The molecule has 8 heteroatoms. The molecule has 0 bridgehead atoms. The molecule has 1 N–H and O–H groups in total. The van der Waals surface area contributed by atoms with E-state index in [1.807, 2.05) is 30.5 Å². The lowest BCUT2D eigenvalue weighted by Crippen LogP contribution is -2.38. The predicted molar refractivity (Wildman–Crippen MR) is 104 cm³/mol.